The van der Waals surface area contributed by atoms with Gasteiger partial charge in [0.2, 0.25) is 11.8 Å². The summed E-state index contributed by atoms with van der Waals surface area (Å²) in [6, 6.07) is 4.25. The van der Waals surface area contributed by atoms with Crippen LogP contribution in [0.4, 0.5) is 4.39 Å². The van der Waals surface area contributed by atoms with Crippen LogP contribution >= 0.6 is 0 Å². The monoisotopic (exact) mass is 375 g/mol. The van der Waals surface area contributed by atoms with E-state index in [4.69, 9.17) is 4.74 Å². The maximum atomic E-state index is 13.3. The number of rotatable bonds is 3. The Balaban J connectivity index is 1.45. The molecule has 0 spiro atoms. The molecule has 0 saturated carbocycles. The molecule has 0 aromatic heterocycles. The summed E-state index contributed by atoms with van der Waals surface area (Å²) in [6.45, 7) is 0.849. The van der Waals surface area contributed by atoms with E-state index in [0.29, 0.717) is 32.4 Å². The molecule has 3 heterocycles. The fourth-order valence-corrected chi connectivity index (χ4v) is 4.32. The standard InChI is InChI=1S/C19H22FN3O4/c1-27-14-9-16-18(25)22-6-5-13(8-15(22)19(26)23(16)10-14)21-17(24)11-3-2-4-12(20)7-11/h2-4,7,13-16H,5-6,8-10H2,1H3,(H,21,24). The smallest absolute Gasteiger partial charge is 0.251 e. The van der Waals surface area contributed by atoms with Gasteiger partial charge < -0.3 is 19.9 Å². The number of methoxy groups -OCH3 is 1. The third kappa shape index (κ3) is 3.18. The minimum atomic E-state index is -0.559. The average molecular weight is 375 g/mol. The molecule has 1 N–H and O–H groups in total. The first-order valence-electron chi connectivity index (χ1n) is 9.18. The van der Waals surface area contributed by atoms with Crippen LogP contribution in [0.15, 0.2) is 24.3 Å². The maximum absolute atomic E-state index is 13.3. The number of hydrogen-bond acceptors (Lipinski definition) is 4. The number of carbonyl (C=O) groups excluding carboxylic acids is 3. The Morgan fingerprint density at radius 3 is 2.67 bits per heavy atom. The summed E-state index contributed by atoms with van der Waals surface area (Å²) in [6.07, 6.45) is 1.35. The van der Waals surface area contributed by atoms with Gasteiger partial charge in [-0.2, -0.15) is 0 Å². The molecule has 8 heteroatoms. The van der Waals surface area contributed by atoms with Crippen molar-refractivity contribution in [1.29, 1.82) is 0 Å². The topological polar surface area (TPSA) is 79.0 Å². The highest BCUT2D eigenvalue weighted by Gasteiger charge is 2.52. The largest absolute Gasteiger partial charge is 0.380 e. The van der Waals surface area contributed by atoms with Crippen LogP contribution in [0.1, 0.15) is 29.6 Å². The van der Waals surface area contributed by atoms with Gasteiger partial charge in [0.25, 0.3) is 5.91 Å². The molecule has 4 rings (SSSR count). The number of hydrogen-bond donors (Lipinski definition) is 1. The number of nitrogens with one attached hydrogen (secondary N) is 1. The lowest BCUT2D eigenvalue weighted by molar-refractivity contribution is -0.161. The summed E-state index contributed by atoms with van der Waals surface area (Å²) in [5, 5.41) is 2.87. The van der Waals surface area contributed by atoms with Crippen molar-refractivity contribution >= 4 is 17.7 Å². The van der Waals surface area contributed by atoms with Gasteiger partial charge in [0.05, 0.1) is 6.10 Å². The SMILES string of the molecule is COC1CC2C(=O)N3CCC(NC(=O)c4cccc(F)c4)CC3C(=O)N2C1. The summed E-state index contributed by atoms with van der Waals surface area (Å²) in [5.74, 6) is -0.961. The zero-order valence-corrected chi connectivity index (χ0v) is 15.1. The number of nitrogens with zero attached hydrogens (tertiary/aromatic N) is 2. The Kier molecular flexibility index (Phi) is 4.59. The summed E-state index contributed by atoms with van der Waals surface area (Å²) in [7, 11) is 1.59. The molecule has 3 fully saturated rings. The molecule has 0 bridgehead atoms. The highest BCUT2D eigenvalue weighted by atomic mass is 19.1. The van der Waals surface area contributed by atoms with Crippen molar-refractivity contribution in [2.75, 3.05) is 20.2 Å². The second-order valence-electron chi connectivity index (χ2n) is 7.35. The van der Waals surface area contributed by atoms with E-state index < -0.39 is 17.9 Å². The molecule has 0 aliphatic carbocycles. The molecule has 1 aromatic rings. The van der Waals surface area contributed by atoms with Crippen LogP contribution in [0.25, 0.3) is 0 Å². The Morgan fingerprint density at radius 2 is 1.93 bits per heavy atom. The third-order valence-electron chi connectivity index (χ3n) is 5.76. The van der Waals surface area contributed by atoms with Crippen molar-refractivity contribution in [3.05, 3.63) is 35.6 Å². The molecular weight excluding hydrogens is 353 g/mol. The van der Waals surface area contributed by atoms with E-state index in [-0.39, 0.29) is 35.4 Å². The lowest BCUT2D eigenvalue weighted by Gasteiger charge is -2.46. The number of piperazine rings is 1. The second-order valence-corrected chi connectivity index (χ2v) is 7.35. The molecule has 27 heavy (non-hydrogen) atoms. The van der Waals surface area contributed by atoms with Gasteiger partial charge in [0, 0.05) is 38.2 Å². The van der Waals surface area contributed by atoms with Crippen LogP contribution in [0.3, 0.4) is 0 Å². The summed E-state index contributed by atoms with van der Waals surface area (Å²) >= 11 is 0. The fraction of sp³-hybridized carbons (Fsp3) is 0.526. The first kappa shape index (κ1) is 17.9. The molecule has 4 unspecified atom stereocenters. The normalized spacial score (nSPS) is 30.1. The van der Waals surface area contributed by atoms with Crippen molar-refractivity contribution < 1.29 is 23.5 Å². The van der Waals surface area contributed by atoms with E-state index in [2.05, 4.69) is 5.32 Å². The van der Waals surface area contributed by atoms with Crippen molar-refractivity contribution in [3.63, 3.8) is 0 Å². The number of halogens is 1. The molecule has 4 atom stereocenters. The van der Waals surface area contributed by atoms with Crippen LogP contribution in [-0.4, -0.2) is 72.0 Å². The van der Waals surface area contributed by atoms with E-state index in [1.807, 2.05) is 0 Å². The van der Waals surface area contributed by atoms with Crippen molar-refractivity contribution in [1.82, 2.24) is 15.1 Å². The van der Waals surface area contributed by atoms with E-state index in [1.54, 1.807) is 23.0 Å². The Labute approximate surface area is 156 Å². The molecule has 0 radical (unpaired) electrons. The van der Waals surface area contributed by atoms with Crippen LogP contribution in [0.5, 0.6) is 0 Å². The third-order valence-corrected chi connectivity index (χ3v) is 5.76. The van der Waals surface area contributed by atoms with E-state index in [1.165, 1.54) is 18.2 Å². The predicted molar refractivity (Wildman–Crippen MR) is 93.3 cm³/mol. The van der Waals surface area contributed by atoms with E-state index in [9.17, 15) is 18.8 Å². The van der Waals surface area contributed by atoms with Crippen LogP contribution in [0.2, 0.25) is 0 Å². The van der Waals surface area contributed by atoms with E-state index in [0.717, 1.165) is 0 Å². The van der Waals surface area contributed by atoms with Gasteiger partial charge >= 0.3 is 0 Å². The highest BCUT2D eigenvalue weighted by Crippen LogP contribution is 2.32. The molecular formula is C19H22FN3O4. The summed E-state index contributed by atoms with van der Waals surface area (Å²) in [5.41, 5.74) is 0.242. The maximum Gasteiger partial charge on any atom is 0.251 e. The van der Waals surface area contributed by atoms with Crippen LogP contribution < -0.4 is 5.32 Å². The average Bonchev–Trinajstić information content (AvgIpc) is 3.11. The van der Waals surface area contributed by atoms with Gasteiger partial charge in [-0.25, -0.2) is 4.39 Å². The molecule has 7 nitrogen and oxygen atoms in total. The van der Waals surface area contributed by atoms with Crippen molar-refractivity contribution in [2.45, 2.75) is 43.5 Å². The lowest BCUT2D eigenvalue weighted by atomic mass is 9.92. The number of fused-ring (bicyclic) bond motifs is 2. The molecule has 3 amide bonds. The minimum absolute atomic E-state index is 0.0333. The lowest BCUT2D eigenvalue weighted by Crippen LogP contribution is -2.66. The zero-order valence-electron chi connectivity index (χ0n) is 15.1. The van der Waals surface area contributed by atoms with Gasteiger partial charge in [-0.3, -0.25) is 14.4 Å². The number of benzene rings is 1. The van der Waals surface area contributed by atoms with E-state index >= 15 is 0 Å². The summed E-state index contributed by atoms with van der Waals surface area (Å²) < 4.78 is 18.7. The van der Waals surface area contributed by atoms with Gasteiger partial charge in [-0.1, -0.05) is 6.07 Å². The van der Waals surface area contributed by atoms with Crippen molar-refractivity contribution in [3.8, 4) is 0 Å². The number of ether oxygens (including phenoxy) is 1. The molecule has 3 aliphatic rings. The van der Waals surface area contributed by atoms with Gasteiger partial charge in [-0.15, -0.1) is 0 Å². The molecule has 3 aliphatic heterocycles. The highest BCUT2D eigenvalue weighted by molar-refractivity contribution is 5.98. The Morgan fingerprint density at radius 1 is 1.19 bits per heavy atom. The van der Waals surface area contributed by atoms with Crippen LogP contribution in [-0.2, 0) is 14.3 Å². The fourth-order valence-electron chi connectivity index (χ4n) is 4.32. The molecule has 1 aromatic carbocycles. The second kappa shape index (κ2) is 6.92. The number of amides is 3. The Hall–Kier alpha value is -2.48. The Bertz CT molecular complexity index is 786. The first-order chi connectivity index (χ1) is 13.0. The summed E-state index contributed by atoms with van der Waals surface area (Å²) in [4.78, 5) is 41.3. The first-order valence-corrected chi connectivity index (χ1v) is 9.18. The molecule has 3 saturated heterocycles. The van der Waals surface area contributed by atoms with Gasteiger partial charge in [-0.05, 0) is 31.0 Å². The number of carbonyl (C=O) groups is 3. The zero-order chi connectivity index (χ0) is 19.1. The van der Waals surface area contributed by atoms with Crippen molar-refractivity contribution in [2.24, 2.45) is 0 Å². The number of piperidine rings is 1. The minimum Gasteiger partial charge on any atom is -0.380 e. The quantitative estimate of drug-likeness (QED) is 0.837. The predicted octanol–water partition coefficient (Wildman–Crippen LogP) is 0.545. The van der Waals surface area contributed by atoms with Gasteiger partial charge in [0.1, 0.15) is 17.9 Å². The van der Waals surface area contributed by atoms with Gasteiger partial charge in [0.15, 0.2) is 0 Å². The van der Waals surface area contributed by atoms with Crippen LogP contribution in [0, 0.1) is 5.82 Å². The molecule has 144 valence electrons.